The summed E-state index contributed by atoms with van der Waals surface area (Å²) in [5.41, 5.74) is -3.00. The van der Waals surface area contributed by atoms with E-state index in [1.807, 2.05) is 0 Å². The second-order valence-electron chi connectivity index (χ2n) is 3.43. The molecule has 0 aliphatic carbocycles. The molecule has 0 heterocycles. The number of allylic oxidation sites excluding steroid dienone is 2. The molecule has 96 valence electrons. The predicted octanol–water partition coefficient (Wildman–Crippen LogP) is 4.27. The van der Waals surface area contributed by atoms with Crippen LogP contribution in [0.1, 0.15) is 12.5 Å². The second kappa shape index (κ2) is 5.86. The van der Waals surface area contributed by atoms with Gasteiger partial charge < -0.3 is 5.41 Å². The molecule has 0 saturated carbocycles. The van der Waals surface area contributed by atoms with E-state index in [0.717, 1.165) is 0 Å². The molecule has 0 aromatic heterocycles. The summed E-state index contributed by atoms with van der Waals surface area (Å²) in [6.07, 6.45) is 1.50. The average molecular weight is 272 g/mol. The Morgan fingerprint density at radius 1 is 1.33 bits per heavy atom. The van der Waals surface area contributed by atoms with Crippen molar-refractivity contribution in [3.8, 4) is 0 Å². The van der Waals surface area contributed by atoms with Gasteiger partial charge in [0.05, 0.1) is 5.71 Å². The number of nitrogens with zero attached hydrogens (tertiary/aromatic N) is 1. The number of halogens is 3. The molecule has 0 spiro atoms. The van der Waals surface area contributed by atoms with Crippen molar-refractivity contribution in [1.29, 1.82) is 5.41 Å². The molecule has 6 heteroatoms. The first-order valence-electron chi connectivity index (χ1n) is 4.91. The highest BCUT2D eigenvalue weighted by Crippen LogP contribution is 2.36. The molecule has 1 N–H and O–H groups in total. The number of aliphatic imine (C=N–C) groups is 1. The molecule has 0 aliphatic heterocycles. The Morgan fingerprint density at radius 2 is 1.89 bits per heavy atom. The van der Waals surface area contributed by atoms with Gasteiger partial charge in [0.1, 0.15) is 0 Å². The topological polar surface area (TPSA) is 36.2 Å². The Kier molecular flexibility index (Phi) is 4.72. The summed E-state index contributed by atoms with van der Waals surface area (Å²) in [6, 6.07) is 5.63. The van der Waals surface area contributed by atoms with Crippen LogP contribution in [0.4, 0.5) is 13.2 Å². The van der Waals surface area contributed by atoms with Crippen molar-refractivity contribution in [2.45, 2.75) is 17.3 Å². The zero-order chi connectivity index (χ0) is 13.8. The normalized spacial score (nSPS) is 12.3. The fourth-order valence-corrected chi connectivity index (χ4v) is 1.71. The fraction of sp³-hybridized carbons (Fsp3) is 0.167. The minimum atomic E-state index is -4.29. The van der Waals surface area contributed by atoms with E-state index in [4.69, 9.17) is 5.41 Å². The first kappa shape index (κ1) is 14.5. The van der Waals surface area contributed by atoms with Crippen LogP contribution in [0.5, 0.6) is 0 Å². The van der Waals surface area contributed by atoms with Crippen LogP contribution in [0.2, 0.25) is 0 Å². The molecular formula is C12H11F3N2S. The SMILES string of the molecule is C=N/C(C)=C/C(=N)c1ccc(SC(F)(F)F)cc1. The summed E-state index contributed by atoms with van der Waals surface area (Å²) in [5, 5.41) is 7.72. The number of hydrogen-bond acceptors (Lipinski definition) is 3. The maximum absolute atomic E-state index is 12.1. The molecule has 0 amide bonds. The van der Waals surface area contributed by atoms with Gasteiger partial charge in [-0.2, -0.15) is 13.2 Å². The summed E-state index contributed by atoms with van der Waals surface area (Å²) >= 11 is -0.175. The van der Waals surface area contributed by atoms with Gasteiger partial charge in [-0.05, 0) is 49.2 Å². The van der Waals surface area contributed by atoms with Crippen LogP contribution in [0.25, 0.3) is 0 Å². The molecule has 0 saturated heterocycles. The van der Waals surface area contributed by atoms with Crippen molar-refractivity contribution in [1.82, 2.24) is 0 Å². The van der Waals surface area contributed by atoms with Gasteiger partial charge in [-0.1, -0.05) is 12.1 Å². The molecular weight excluding hydrogens is 261 g/mol. The summed E-state index contributed by atoms with van der Waals surface area (Å²) in [5.74, 6) is 0. The van der Waals surface area contributed by atoms with E-state index in [-0.39, 0.29) is 22.4 Å². The van der Waals surface area contributed by atoms with E-state index in [9.17, 15) is 13.2 Å². The molecule has 0 radical (unpaired) electrons. The maximum atomic E-state index is 12.1. The summed E-state index contributed by atoms with van der Waals surface area (Å²) < 4.78 is 36.3. The van der Waals surface area contributed by atoms with Gasteiger partial charge in [-0.15, -0.1) is 0 Å². The molecule has 0 unspecified atom stereocenters. The minimum Gasteiger partial charge on any atom is -0.300 e. The zero-order valence-electron chi connectivity index (χ0n) is 9.58. The first-order valence-corrected chi connectivity index (χ1v) is 5.73. The minimum absolute atomic E-state index is 0.0987. The van der Waals surface area contributed by atoms with Gasteiger partial charge in [0.25, 0.3) is 0 Å². The van der Waals surface area contributed by atoms with Crippen molar-refractivity contribution < 1.29 is 13.2 Å². The summed E-state index contributed by atoms with van der Waals surface area (Å²) in [6.45, 7) is 5.01. The van der Waals surface area contributed by atoms with Crippen LogP contribution in [-0.2, 0) is 0 Å². The van der Waals surface area contributed by atoms with Gasteiger partial charge in [0, 0.05) is 10.6 Å². The van der Waals surface area contributed by atoms with E-state index in [0.29, 0.717) is 11.3 Å². The highest BCUT2D eigenvalue weighted by atomic mass is 32.2. The standard InChI is InChI=1S/C12H11F3N2S/c1-8(17-2)7-11(16)9-3-5-10(6-4-9)18-12(13,14)15/h3-7,16H,2H2,1H3/b8-7+,16-11?. The molecule has 0 bridgehead atoms. The molecule has 1 aromatic rings. The van der Waals surface area contributed by atoms with Crippen molar-refractivity contribution in [2.75, 3.05) is 0 Å². The van der Waals surface area contributed by atoms with Gasteiger partial charge in [0.2, 0.25) is 0 Å². The third-order valence-electron chi connectivity index (χ3n) is 2.00. The third kappa shape index (κ3) is 4.75. The van der Waals surface area contributed by atoms with Crippen LogP contribution in [0.3, 0.4) is 0 Å². The number of benzene rings is 1. The second-order valence-corrected chi connectivity index (χ2v) is 4.57. The Morgan fingerprint density at radius 3 is 2.33 bits per heavy atom. The molecule has 0 atom stereocenters. The van der Waals surface area contributed by atoms with Crippen molar-refractivity contribution in [3.63, 3.8) is 0 Å². The lowest BCUT2D eigenvalue weighted by Crippen LogP contribution is -2.00. The van der Waals surface area contributed by atoms with Gasteiger partial charge in [-0.25, -0.2) is 0 Å². The highest BCUT2D eigenvalue weighted by molar-refractivity contribution is 8.00. The number of nitrogens with one attached hydrogen (secondary N) is 1. The van der Waals surface area contributed by atoms with Gasteiger partial charge in [-0.3, -0.25) is 4.99 Å². The van der Waals surface area contributed by atoms with Crippen LogP contribution >= 0.6 is 11.8 Å². The molecule has 1 aromatic carbocycles. The van der Waals surface area contributed by atoms with E-state index in [1.54, 1.807) is 6.92 Å². The molecule has 18 heavy (non-hydrogen) atoms. The quantitative estimate of drug-likeness (QED) is 0.645. The van der Waals surface area contributed by atoms with Crippen molar-refractivity contribution in [2.24, 2.45) is 4.99 Å². The van der Waals surface area contributed by atoms with E-state index in [1.165, 1.54) is 30.3 Å². The Labute approximate surface area is 107 Å². The molecule has 0 fully saturated rings. The lowest BCUT2D eigenvalue weighted by atomic mass is 10.1. The molecule has 0 aliphatic rings. The van der Waals surface area contributed by atoms with Crippen molar-refractivity contribution >= 4 is 24.2 Å². The summed E-state index contributed by atoms with van der Waals surface area (Å²) in [7, 11) is 0. The third-order valence-corrected chi connectivity index (χ3v) is 2.74. The monoisotopic (exact) mass is 272 g/mol. The Balaban J connectivity index is 2.83. The van der Waals surface area contributed by atoms with E-state index < -0.39 is 5.51 Å². The summed E-state index contributed by atoms with van der Waals surface area (Å²) in [4.78, 5) is 3.74. The smallest absolute Gasteiger partial charge is 0.300 e. The fourth-order valence-electron chi connectivity index (χ4n) is 1.17. The number of rotatable bonds is 4. The van der Waals surface area contributed by atoms with E-state index in [2.05, 4.69) is 11.7 Å². The number of alkyl halides is 3. The highest BCUT2D eigenvalue weighted by Gasteiger charge is 2.28. The Bertz CT molecular complexity index is 475. The molecule has 2 nitrogen and oxygen atoms in total. The lowest BCUT2D eigenvalue weighted by molar-refractivity contribution is -0.0328. The zero-order valence-corrected chi connectivity index (χ0v) is 10.4. The van der Waals surface area contributed by atoms with Gasteiger partial charge >= 0.3 is 5.51 Å². The largest absolute Gasteiger partial charge is 0.446 e. The lowest BCUT2D eigenvalue weighted by Gasteiger charge is -2.06. The maximum Gasteiger partial charge on any atom is 0.446 e. The van der Waals surface area contributed by atoms with Crippen LogP contribution in [-0.4, -0.2) is 17.9 Å². The van der Waals surface area contributed by atoms with Crippen LogP contribution in [0.15, 0.2) is 45.9 Å². The number of thioether (sulfide) groups is 1. The van der Waals surface area contributed by atoms with Gasteiger partial charge in [0.15, 0.2) is 0 Å². The van der Waals surface area contributed by atoms with Crippen molar-refractivity contribution in [3.05, 3.63) is 41.6 Å². The average Bonchev–Trinajstić information content (AvgIpc) is 2.27. The first-order chi connectivity index (χ1) is 8.31. The number of hydrogen-bond donors (Lipinski definition) is 1. The van der Waals surface area contributed by atoms with Crippen LogP contribution in [0, 0.1) is 5.41 Å². The molecule has 1 rings (SSSR count). The van der Waals surface area contributed by atoms with E-state index >= 15 is 0 Å². The Hall–Kier alpha value is -1.56. The predicted molar refractivity (Wildman–Crippen MR) is 68.5 cm³/mol. The van der Waals surface area contributed by atoms with Crippen LogP contribution < -0.4 is 0 Å².